The van der Waals surface area contributed by atoms with E-state index in [1.54, 1.807) is 12.1 Å². The van der Waals surface area contributed by atoms with E-state index in [-0.39, 0.29) is 5.56 Å². The Morgan fingerprint density at radius 3 is 2.37 bits per heavy atom. The van der Waals surface area contributed by atoms with Gasteiger partial charge in [-0.05, 0) is 26.0 Å². The maximum absolute atomic E-state index is 12.4. The maximum Gasteiger partial charge on any atom is 0.263 e. The van der Waals surface area contributed by atoms with E-state index in [2.05, 4.69) is 31.1 Å². The van der Waals surface area contributed by atoms with Crippen molar-refractivity contribution < 1.29 is 8.78 Å². The van der Waals surface area contributed by atoms with Gasteiger partial charge in [0.25, 0.3) is 6.43 Å². The monoisotopic (exact) mass is 270 g/mol. The number of halogens is 2. The molecule has 0 aliphatic carbocycles. The van der Waals surface area contributed by atoms with E-state index in [0.29, 0.717) is 6.04 Å². The molecule has 0 aliphatic heterocycles. The molecule has 1 unspecified atom stereocenters. The summed E-state index contributed by atoms with van der Waals surface area (Å²) in [6, 6.07) is 7.09. The third kappa shape index (κ3) is 5.66. The number of nitrogens with zero attached hydrogens (tertiary/aromatic N) is 1. The molecule has 0 heterocycles. The molecule has 0 bridgehead atoms. The summed E-state index contributed by atoms with van der Waals surface area (Å²) in [5.74, 6) is 0. The lowest BCUT2D eigenvalue weighted by Gasteiger charge is -2.23. The molecule has 0 radical (unpaired) electrons. The molecule has 1 N–H and O–H groups in total. The van der Waals surface area contributed by atoms with Crippen molar-refractivity contribution in [3.63, 3.8) is 0 Å². The van der Waals surface area contributed by atoms with Gasteiger partial charge in [0.05, 0.1) is 0 Å². The highest BCUT2D eigenvalue weighted by atomic mass is 19.3. The van der Waals surface area contributed by atoms with Crippen molar-refractivity contribution in [2.75, 3.05) is 20.1 Å². The van der Waals surface area contributed by atoms with Crippen LogP contribution in [0, 0.1) is 0 Å². The molecule has 0 saturated carbocycles. The summed E-state index contributed by atoms with van der Waals surface area (Å²) in [5.41, 5.74) is 1.12. The average Bonchev–Trinajstić information content (AvgIpc) is 2.42. The van der Waals surface area contributed by atoms with Crippen LogP contribution >= 0.6 is 0 Å². The predicted octanol–water partition coefficient (Wildman–Crippen LogP) is 3.44. The largest absolute Gasteiger partial charge is 0.311 e. The summed E-state index contributed by atoms with van der Waals surface area (Å²) < 4.78 is 24.8. The van der Waals surface area contributed by atoms with Crippen LogP contribution in [0.5, 0.6) is 0 Å². The average molecular weight is 270 g/mol. The maximum atomic E-state index is 12.4. The topological polar surface area (TPSA) is 15.3 Å². The van der Waals surface area contributed by atoms with Crippen LogP contribution in [0.2, 0.25) is 0 Å². The molecule has 0 aliphatic rings. The Bertz CT molecular complexity index is 352. The first-order valence-corrected chi connectivity index (χ1v) is 6.82. The Morgan fingerprint density at radius 1 is 1.21 bits per heavy atom. The summed E-state index contributed by atoms with van der Waals surface area (Å²) in [6.45, 7) is 7.00. The lowest BCUT2D eigenvalue weighted by molar-refractivity contribution is 0.151. The van der Waals surface area contributed by atoms with E-state index in [1.165, 1.54) is 12.1 Å². The van der Waals surface area contributed by atoms with Crippen LogP contribution in [0.4, 0.5) is 8.78 Å². The number of hydrogen-bond acceptors (Lipinski definition) is 2. The number of alkyl halides is 2. The Hall–Kier alpha value is -1.00. The zero-order valence-electron chi connectivity index (χ0n) is 12.0. The highest BCUT2D eigenvalue weighted by molar-refractivity contribution is 5.23. The molecule has 0 spiro atoms. The van der Waals surface area contributed by atoms with E-state index in [1.807, 2.05) is 0 Å². The van der Waals surface area contributed by atoms with Crippen LogP contribution in [0.3, 0.4) is 0 Å². The number of benzene rings is 1. The predicted molar refractivity (Wildman–Crippen MR) is 75.5 cm³/mol. The van der Waals surface area contributed by atoms with Gasteiger partial charge in [-0.2, -0.15) is 0 Å². The minimum Gasteiger partial charge on any atom is -0.311 e. The fourth-order valence-corrected chi connectivity index (χ4v) is 1.80. The molecule has 108 valence electrons. The molecule has 1 aromatic rings. The lowest BCUT2D eigenvalue weighted by Crippen LogP contribution is -2.34. The molecule has 0 amide bonds. The zero-order valence-corrected chi connectivity index (χ0v) is 12.0. The van der Waals surface area contributed by atoms with E-state index in [0.717, 1.165) is 31.6 Å². The standard InChI is InChI=1S/C15H24F2N2/c1-4-12(2)19(3)10-9-18-11-13-5-7-14(8-6-13)15(16)17/h5-8,12,15,18H,4,9-11H2,1-3H3. The lowest BCUT2D eigenvalue weighted by atomic mass is 10.1. The Labute approximate surface area is 114 Å². The third-order valence-corrected chi connectivity index (χ3v) is 3.55. The quantitative estimate of drug-likeness (QED) is 0.728. The minimum atomic E-state index is -2.38. The molecule has 4 heteroatoms. The smallest absolute Gasteiger partial charge is 0.263 e. The van der Waals surface area contributed by atoms with Gasteiger partial charge in [0.2, 0.25) is 0 Å². The van der Waals surface area contributed by atoms with Gasteiger partial charge < -0.3 is 10.2 Å². The first-order chi connectivity index (χ1) is 9.04. The molecule has 0 saturated heterocycles. The Kier molecular flexibility index (Phi) is 6.95. The van der Waals surface area contributed by atoms with Gasteiger partial charge in [-0.15, -0.1) is 0 Å². The van der Waals surface area contributed by atoms with Crippen molar-refractivity contribution in [1.82, 2.24) is 10.2 Å². The van der Waals surface area contributed by atoms with Gasteiger partial charge in [-0.3, -0.25) is 0 Å². The van der Waals surface area contributed by atoms with Crippen molar-refractivity contribution in [2.45, 2.75) is 39.3 Å². The van der Waals surface area contributed by atoms with E-state index in [9.17, 15) is 8.78 Å². The minimum absolute atomic E-state index is 0.0836. The van der Waals surface area contributed by atoms with Gasteiger partial charge in [-0.25, -0.2) is 8.78 Å². The number of nitrogens with one attached hydrogen (secondary N) is 1. The van der Waals surface area contributed by atoms with Crippen LogP contribution < -0.4 is 5.32 Å². The fraction of sp³-hybridized carbons (Fsp3) is 0.600. The highest BCUT2D eigenvalue weighted by Crippen LogP contribution is 2.18. The third-order valence-electron chi connectivity index (χ3n) is 3.55. The first kappa shape index (κ1) is 16.1. The van der Waals surface area contributed by atoms with Crippen LogP contribution in [-0.2, 0) is 6.54 Å². The van der Waals surface area contributed by atoms with Gasteiger partial charge in [0.1, 0.15) is 0 Å². The second-order valence-electron chi connectivity index (χ2n) is 4.96. The molecule has 1 rings (SSSR count). The van der Waals surface area contributed by atoms with E-state index >= 15 is 0 Å². The molecule has 1 atom stereocenters. The normalized spacial score (nSPS) is 13.2. The molecule has 2 nitrogen and oxygen atoms in total. The van der Waals surface area contributed by atoms with Gasteiger partial charge >= 0.3 is 0 Å². The molecule has 0 fully saturated rings. The van der Waals surface area contributed by atoms with Crippen LogP contribution in [-0.4, -0.2) is 31.1 Å². The zero-order chi connectivity index (χ0) is 14.3. The summed E-state index contributed by atoms with van der Waals surface area (Å²) >= 11 is 0. The van der Waals surface area contributed by atoms with Crippen LogP contribution in [0.1, 0.15) is 37.8 Å². The second-order valence-corrected chi connectivity index (χ2v) is 4.96. The molecular weight excluding hydrogens is 246 g/mol. The van der Waals surface area contributed by atoms with Crippen molar-refractivity contribution in [3.05, 3.63) is 35.4 Å². The van der Waals surface area contributed by atoms with Crippen LogP contribution in [0.15, 0.2) is 24.3 Å². The van der Waals surface area contributed by atoms with Crippen molar-refractivity contribution >= 4 is 0 Å². The van der Waals surface area contributed by atoms with E-state index in [4.69, 9.17) is 0 Å². The molecule has 0 aromatic heterocycles. The summed E-state index contributed by atoms with van der Waals surface area (Å²) in [4.78, 5) is 2.31. The summed E-state index contributed by atoms with van der Waals surface area (Å²) in [5, 5.41) is 3.33. The van der Waals surface area contributed by atoms with Crippen molar-refractivity contribution in [3.8, 4) is 0 Å². The Balaban J connectivity index is 2.26. The second kappa shape index (κ2) is 8.23. The van der Waals surface area contributed by atoms with Crippen molar-refractivity contribution in [2.24, 2.45) is 0 Å². The SMILES string of the molecule is CCC(C)N(C)CCNCc1ccc(C(F)F)cc1. The number of hydrogen-bond donors (Lipinski definition) is 1. The molecule has 1 aromatic carbocycles. The first-order valence-electron chi connectivity index (χ1n) is 6.82. The van der Waals surface area contributed by atoms with Gasteiger partial charge in [0, 0.05) is 31.2 Å². The fourth-order valence-electron chi connectivity index (χ4n) is 1.80. The number of likely N-dealkylation sites (N-methyl/N-ethyl adjacent to an activating group) is 1. The number of rotatable bonds is 8. The molecule has 19 heavy (non-hydrogen) atoms. The van der Waals surface area contributed by atoms with Crippen LogP contribution in [0.25, 0.3) is 0 Å². The highest BCUT2D eigenvalue weighted by Gasteiger charge is 2.06. The van der Waals surface area contributed by atoms with Crippen molar-refractivity contribution in [1.29, 1.82) is 0 Å². The Morgan fingerprint density at radius 2 is 1.84 bits per heavy atom. The van der Waals surface area contributed by atoms with Gasteiger partial charge in [0.15, 0.2) is 0 Å². The summed E-state index contributed by atoms with van der Waals surface area (Å²) in [6.07, 6.45) is -1.24. The summed E-state index contributed by atoms with van der Waals surface area (Å²) in [7, 11) is 2.12. The van der Waals surface area contributed by atoms with Gasteiger partial charge in [-0.1, -0.05) is 31.2 Å². The van der Waals surface area contributed by atoms with E-state index < -0.39 is 6.43 Å². The molecular formula is C15H24F2N2.